The van der Waals surface area contributed by atoms with E-state index >= 15 is 0 Å². The van der Waals surface area contributed by atoms with E-state index in [1.807, 2.05) is 23.7 Å². The summed E-state index contributed by atoms with van der Waals surface area (Å²) in [4.78, 5) is 18.0. The minimum Gasteiger partial charge on any atom is -0.319 e. The van der Waals surface area contributed by atoms with Crippen LogP contribution in [0.5, 0.6) is 0 Å². The molecule has 1 fully saturated rings. The second kappa shape index (κ2) is 8.64. The molecule has 1 aromatic heterocycles. The molecular weight excluding hydrogens is 437 g/mol. The van der Waals surface area contributed by atoms with E-state index in [4.69, 9.17) is 0 Å². The highest BCUT2D eigenvalue weighted by Crippen LogP contribution is 2.25. The number of thiazole rings is 1. The molecule has 2 aromatic carbocycles. The van der Waals surface area contributed by atoms with Gasteiger partial charge in [-0.25, -0.2) is 12.8 Å². The van der Waals surface area contributed by atoms with Crippen LogP contribution in [0.3, 0.4) is 0 Å². The number of aryl methyl sites for hydroxylation is 2. The number of aromatic nitrogens is 1. The molecule has 1 aliphatic rings. The van der Waals surface area contributed by atoms with Gasteiger partial charge in [-0.2, -0.15) is 9.30 Å². The Labute approximate surface area is 184 Å². The number of benzene rings is 2. The summed E-state index contributed by atoms with van der Waals surface area (Å²) in [6.45, 7) is 2.50. The summed E-state index contributed by atoms with van der Waals surface area (Å²) in [5.41, 5.74) is 2.27. The topological polar surface area (TPSA) is 71.7 Å². The van der Waals surface area contributed by atoms with Crippen molar-refractivity contribution in [2.45, 2.75) is 31.1 Å². The van der Waals surface area contributed by atoms with Crippen LogP contribution in [0.2, 0.25) is 0 Å². The molecule has 0 bridgehead atoms. The molecule has 1 unspecified atom stereocenters. The standard InChI is InChI=1S/C22H24FN3O3S2/c1-3-15-6-4-8-19-20(15)25(2)22(30-19)24-21(27)16-7-5-13-26(14-16)31(28,29)18-11-9-17(23)10-12-18/h4,6,8-12,16H,3,5,7,13-14H2,1-2H3. The van der Waals surface area contributed by atoms with Crippen LogP contribution in [0.1, 0.15) is 25.3 Å². The number of rotatable bonds is 4. The molecule has 9 heteroatoms. The van der Waals surface area contributed by atoms with Crippen molar-refractivity contribution in [3.8, 4) is 0 Å². The lowest BCUT2D eigenvalue weighted by Crippen LogP contribution is -2.42. The molecule has 0 spiro atoms. The summed E-state index contributed by atoms with van der Waals surface area (Å²) in [6, 6.07) is 10.8. The van der Waals surface area contributed by atoms with Gasteiger partial charge < -0.3 is 4.57 Å². The van der Waals surface area contributed by atoms with Crippen molar-refractivity contribution in [2.75, 3.05) is 13.1 Å². The summed E-state index contributed by atoms with van der Waals surface area (Å²) in [5, 5.41) is 0. The minimum atomic E-state index is -3.79. The fourth-order valence-corrected chi connectivity index (χ4v) is 6.58. The average molecular weight is 462 g/mol. The quantitative estimate of drug-likeness (QED) is 0.597. The summed E-state index contributed by atoms with van der Waals surface area (Å²) >= 11 is 1.46. The number of amides is 1. The van der Waals surface area contributed by atoms with E-state index in [9.17, 15) is 17.6 Å². The zero-order valence-corrected chi connectivity index (χ0v) is 19.0. The maximum atomic E-state index is 13.2. The highest BCUT2D eigenvalue weighted by atomic mass is 32.2. The number of halogens is 1. The number of para-hydroxylation sites is 1. The normalized spacial score (nSPS) is 18.5. The number of hydrogen-bond donors (Lipinski definition) is 0. The van der Waals surface area contributed by atoms with Gasteiger partial charge in [0, 0.05) is 20.1 Å². The molecule has 6 nitrogen and oxygen atoms in total. The van der Waals surface area contributed by atoms with E-state index in [1.54, 1.807) is 0 Å². The monoisotopic (exact) mass is 461 g/mol. The van der Waals surface area contributed by atoms with E-state index in [0.717, 1.165) is 28.8 Å². The number of sulfonamides is 1. The Morgan fingerprint density at radius 3 is 2.68 bits per heavy atom. The lowest BCUT2D eigenvalue weighted by molar-refractivity contribution is -0.122. The third-order valence-corrected chi connectivity index (χ3v) is 8.65. The van der Waals surface area contributed by atoms with Crippen LogP contribution in [0.4, 0.5) is 4.39 Å². The average Bonchev–Trinajstić information content (AvgIpc) is 3.09. The second-order valence-corrected chi connectivity index (χ2v) is 10.6. The third-order valence-electron chi connectivity index (χ3n) is 5.68. The number of piperidine rings is 1. The summed E-state index contributed by atoms with van der Waals surface area (Å²) < 4.78 is 43.3. The Morgan fingerprint density at radius 1 is 1.23 bits per heavy atom. The molecule has 2 heterocycles. The minimum absolute atomic E-state index is 0.0296. The van der Waals surface area contributed by atoms with Gasteiger partial charge in [0.2, 0.25) is 10.0 Å². The van der Waals surface area contributed by atoms with Crippen molar-refractivity contribution in [3.05, 3.63) is 58.6 Å². The molecule has 1 atom stereocenters. The zero-order chi connectivity index (χ0) is 22.2. The Kier molecular flexibility index (Phi) is 6.09. The molecular formula is C22H24FN3O3S2. The highest BCUT2D eigenvalue weighted by Gasteiger charge is 2.33. The largest absolute Gasteiger partial charge is 0.319 e. The van der Waals surface area contributed by atoms with Crippen LogP contribution in [0.25, 0.3) is 10.2 Å². The smallest absolute Gasteiger partial charge is 0.252 e. The van der Waals surface area contributed by atoms with Gasteiger partial charge in [-0.15, -0.1) is 0 Å². The Balaban J connectivity index is 1.60. The van der Waals surface area contributed by atoms with E-state index in [0.29, 0.717) is 24.2 Å². The molecule has 1 aliphatic heterocycles. The lowest BCUT2D eigenvalue weighted by atomic mass is 9.99. The molecule has 1 saturated heterocycles. The molecule has 31 heavy (non-hydrogen) atoms. The van der Waals surface area contributed by atoms with Gasteiger partial charge in [0.1, 0.15) is 5.82 Å². The first-order valence-corrected chi connectivity index (χ1v) is 12.5. The Morgan fingerprint density at radius 2 is 1.97 bits per heavy atom. The van der Waals surface area contributed by atoms with Crippen molar-refractivity contribution in [1.82, 2.24) is 8.87 Å². The molecule has 4 rings (SSSR count). The van der Waals surface area contributed by atoms with Gasteiger partial charge in [-0.1, -0.05) is 30.4 Å². The summed E-state index contributed by atoms with van der Waals surface area (Å²) in [6.07, 6.45) is 2.05. The predicted octanol–water partition coefficient (Wildman–Crippen LogP) is 3.47. The van der Waals surface area contributed by atoms with Gasteiger partial charge in [0.15, 0.2) is 4.80 Å². The number of carbonyl (C=O) groups excluding carboxylic acids is 1. The van der Waals surface area contributed by atoms with Crippen molar-refractivity contribution in [3.63, 3.8) is 0 Å². The third kappa shape index (κ3) is 4.22. The van der Waals surface area contributed by atoms with Crippen LogP contribution in [0, 0.1) is 11.7 Å². The summed E-state index contributed by atoms with van der Waals surface area (Å²) in [7, 11) is -1.89. The van der Waals surface area contributed by atoms with Crippen molar-refractivity contribution in [1.29, 1.82) is 0 Å². The van der Waals surface area contributed by atoms with Gasteiger partial charge in [0.25, 0.3) is 5.91 Å². The maximum Gasteiger partial charge on any atom is 0.252 e. The predicted molar refractivity (Wildman–Crippen MR) is 119 cm³/mol. The fraction of sp³-hybridized carbons (Fsp3) is 0.364. The van der Waals surface area contributed by atoms with Crippen molar-refractivity contribution in [2.24, 2.45) is 18.0 Å². The van der Waals surface area contributed by atoms with Crippen molar-refractivity contribution < 1.29 is 17.6 Å². The highest BCUT2D eigenvalue weighted by molar-refractivity contribution is 7.89. The number of fused-ring (bicyclic) bond motifs is 1. The first-order valence-electron chi connectivity index (χ1n) is 10.2. The van der Waals surface area contributed by atoms with Gasteiger partial charge in [0.05, 0.1) is 21.0 Å². The van der Waals surface area contributed by atoms with Gasteiger partial charge >= 0.3 is 0 Å². The summed E-state index contributed by atoms with van der Waals surface area (Å²) in [5.74, 6) is -1.30. The molecule has 0 saturated carbocycles. The second-order valence-electron chi connectivity index (χ2n) is 7.67. The maximum absolute atomic E-state index is 13.2. The number of carbonyl (C=O) groups is 1. The van der Waals surface area contributed by atoms with Crippen LogP contribution in [-0.2, 0) is 28.3 Å². The Hall–Kier alpha value is -2.36. The lowest BCUT2D eigenvalue weighted by Gasteiger charge is -2.30. The molecule has 0 radical (unpaired) electrons. The molecule has 164 valence electrons. The van der Waals surface area contributed by atoms with Crippen molar-refractivity contribution >= 4 is 37.5 Å². The van der Waals surface area contributed by atoms with E-state index < -0.39 is 21.8 Å². The first kappa shape index (κ1) is 21.9. The van der Waals surface area contributed by atoms with Crippen LogP contribution >= 0.6 is 11.3 Å². The van der Waals surface area contributed by atoms with Gasteiger partial charge in [-0.05, 0) is 55.2 Å². The Bertz CT molecular complexity index is 1290. The zero-order valence-electron chi connectivity index (χ0n) is 17.4. The van der Waals surface area contributed by atoms with Gasteiger partial charge in [-0.3, -0.25) is 4.79 Å². The molecule has 0 N–H and O–H groups in total. The van der Waals surface area contributed by atoms with E-state index in [1.165, 1.54) is 33.3 Å². The molecule has 0 aliphatic carbocycles. The van der Waals surface area contributed by atoms with E-state index in [2.05, 4.69) is 18.0 Å². The van der Waals surface area contributed by atoms with E-state index in [-0.39, 0.29) is 17.3 Å². The molecule has 3 aromatic rings. The number of hydrogen-bond acceptors (Lipinski definition) is 4. The van der Waals surface area contributed by atoms with Crippen LogP contribution in [0.15, 0.2) is 52.4 Å². The first-order chi connectivity index (χ1) is 14.8. The fourth-order valence-electron chi connectivity index (χ4n) is 3.98. The van der Waals surface area contributed by atoms with Crippen LogP contribution in [-0.4, -0.2) is 36.3 Å². The van der Waals surface area contributed by atoms with Crippen LogP contribution < -0.4 is 4.80 Å². The molecule has 1 amide bonds. The number of nitrogens with zero attached hydrogens (tertiary/aromatic N) is 3. The SMILES string of the molecule is CCc1cccc2sc(=NC(=O)C3CCCN(S(=O)(=O)c4ccc(F)cc4)C3)n(C)c12.